The van der Waals surface area contributed by atoms with E-state index in [1.54, 1.807) is 24.2 Å². The lowest BCUT2D eigenvalue weighted by atomic mass is 9.47. The molecule has 1 aromatic rings. The first kappa shape index (κ1) is 24.3. The fraction of sp³-hybridized carbons (Fsp3) is 0.857. The summed E-state index contributed by atoms with van der Waals surface area (Å²) in [4.78, 5) is 0. The minimum atomic E-state index is -0.848. The summed E-state index contributed by atoms with van der Waals surface area (Å²) in [6, 6.07) is 2.14. The van der Waals surface area contributed by atoms with E-state index in [0.29, 0.717) is 36.5 Å². The van der Waals surface area contributed by atoms with Crippen molar-refractivity contribution in [1.82, 2.24) is 9.78 Å². The number of fused-ring (bicyclic) bond motifs is 5. The van der Waals surface area contributed by atoms with Crippen molar-refractivity contribution >= 4 is 0 Å². The average molecular weight is 470 g/mol. The zero-order chi connectivity index (χ0) is 24.3. The van der Waals surface area contributed by atoms with E-state index in [4.69, 9.17) is 10.00 Å². The van der Waals surface area contributed by atoms with Gasteiger partial charge in [-0.05, 0) is 106 Å². The second-order valence-electron chi connectivity index (χ2n) is 13.0. The molecule has 1 heterocycles. The van der Waals surface area contributed by atoms with Crippen LogP contribution in [0.4, 0.5) is 0 Å². The Morgan fingerprint density at radius 1 is 1.21 bits per heavy atom. The maximum Gasteiger partial charge on any atom is 0.102 e. The molecule has 4 aliphatic carbocycles. The monoisotopic (exact) mass is 469 g/mol. The van der Waals surface area contributed by atoms with Crippen LogP contribution in [0.1, 0.15) is 77.7 Å². The second kappa shape index (κ2) is 8.61. The summed E-state index contributed by atoms with van der Waals surface area (Å²) in [5.74, 6) is 3.98. The van der Waals surface area contributed by atoms with Crippen LogP contribution in [-0.2, 0) is 11.3 Å². The van der Waals surface area contributed by atoms with Crippen LogP contribution in [0.25, 0.3) is 0 Å². The van der Waals surface area contributed by atoms with Crippen molar-refractivity contribution in [2.24, 2.45) is 46.8 Å². The van der Waals surface area contributed by atoms with Gasteiger partial charge in [-0.15, -0.1) is 0 Å². The standard InChI is InChI=1S/C28H43N3O3/c1-26-10-9-21-22(6-5-19-12-27(2,32)20(16-34-4)11-23(19)21)24(26)7-8-25(26)28(3,33)17-31-15-18(13-29)14-30-31/h14-15,19-25,32-33H,5-12,16-17H2,1-4H3/t19-,20-,21+,22-,23+,24+,25+,26+,27+,28-/m1/s1. The van der Waals surface area contributed by atoms with Gasteiger partial charge in [0.05, 0.1) is 36.1 Å². The number of nitriles is 1. The summed E-state index contributed by atoms with van der Waals surface area (Å²) >= 11 is 0. The van der Waals surface area contributed by atoms with E-state index >= 15 is 0 Å². The second-order valence-corrected chi connectivity index (χ2v) is 13.0. The van der Waals surface area contributed by atoms with Crippen LogP contribution < -0.4 is 0 Å². The molecule has 0 amide bonds. The van der Waals surface area contributed by atoms with E-state index in [9.17, 15) is 10.2 Å². The van der Waals surface area contributed by atoms with E-state index in [1.165, 1.54) is 32.1 Å². The zero-order valence-corrected chi connectivity index (χ0v) is 21.4. The quantitative estimate of drug-likeness (QED) is 0.667. The first-order valence-electron chi connectivity index (χ1n) is 13.5. The van der Waals surface area contributed by atoms with E-state index in [2.05, 4.69) is 18.1 Å². The molecule has 34 heavy (non-hydrogen) atoms. The number of hydrogen-bond donors (Lipinski definition) is 2. The van der Waals surface area contributed by atoms with Crippen molar-refractivity contribution in [3.63, 3.8) is 0 Å². The molecule has 1 aromatic heterocycles. The Morgan fingerprint density at radius 3 is 2.71 bits per heavy atom. The molecule has 5 rings (SSSR count). The molecule has 10 atom stereocenters. The third-order valence-corrected chi connectivity index (χ3v) is 11.0. The van der Waals surface area contributed by atoms with E-state index in [1.807, 2.05) is 13.8 Å². The van der Waals surface area contributed by atoms with Gasteiger partial charge in [0, 0.05) is 19.2 Å². The minimum Gasteiger partial charge on any atom is -0.390 e. The molecule has 0 aliphatic heterocycles. The van der Waals surface area contributed by atoms with Gasteiger partial charge in [0.1, 0.15) is 6.07 Å². The van der Waals surface area contributed by atoms with Crippen molar-refractivity contribution in [2.75, 3.05) is 13.7 Å². The number of ether oxygens (including phenoxy) is 1. The van der Waals surface area contributed by atoms with Gasteiger partial charge in [0.15, 0.2) is 0 Å². The van der Waals surface area contributed by atoms with Crippen LogP contribution in [0.2, 0.25) is 0 Å². The lowest BCUT2D eigenvalue weighted by Crippen LogP contribution is -2.55. The zero-order valence-electron chi connectivity index (χ0n) is 21.4. The van der Waals surface area contributed by atoms with Crippen LogP contribution in [0, 0.1) is 58.2 Å². The molecule has 0 spiro atoms. The highest BCUT2D eigenvalue weighted by atomic mass is 16.5. The number of aromatic nitrogens is 2. The van der Waals surface area contributed by atoms with Gasteiger partial charge in [-0.25, -0.2) is 0 Å². The Morgan fingerprint density at radius 2 is 2.00 bits per heavy atom. The summed E-state index contributed by atoms with van der Waals surface area (Å²) in [5, 5.41) is 36.3. The summed E-state index contributed by atoms with van der Waals surface area (Å²) in [5.41, 5.74) is -0.766. The molecule has 0 bridgehead atoms. The molecule has 0 aromatic carbocycles. The molecule has 6 heteroatoms. The van der Waals surface area contributed by atoms with Crippen molar-refractivity contribution in [1.29, 1.82) is 5.26 Å². The Kier molecular flexibility index (Phi) is 6.15. The third kappa shape index (κ3) is 3.92. The van der Waals surface area contributed by atoms with Crippen molar-refractivity contribution < 1.29 is 14.9 Å². The highest BCUT2D eigenvalue weighted by Gasteiger charge is 2.61. The average Bonchev–Trinajstić information content (AvgIpc) is 3.37. The van der Waals surface area contributed by atoms with E-state index in [-0.39, 0.29) is 17.3 Å². The SMILES string of the molecule is COC[C@H]1C[C@H]2[C@H](CC[C@@H]3[C@@H]2CC[C@@]2(C)[C@H]3CC[C@@H]2[C@](C)(O)Cn2cc(C#N)cn2)C[C@]1(C)O. The van der Waals surface area contributed by atoms with Crippen LogP contribution in [0.15, 0.2) is 12.4 Å². The number of hydrogen-bond acceptors (Lipinski definition) is 5. The van der Waals surface area contributed by atoms with Crippen LogP contribution in [0.3, 0.4) is 0 Å². The predicted octanol–water partition coefficient (Wildman–Crippen LogP) is 4.40. The number of aliphatic hydroxyl groups is 2. The van der Waals surface area contributed by atoms with Gasteiger partial charge >= 0.3 is 0 Å². The number of methoxy groups -OCH3 is 1. The predicted molar refractivity (Wildman–Crippen MR) is 130 cm³/mol. The molecular weight excluding hydrogens is 426 g/mol. The van der Waals surface area contributed by atoms with E-state index in [0.717, 1.165) is 31.1 Å². The molecular formula is C28H43N3O3. The van der Waals surface area contributed by atoms with Crippen LogP contribution in [0.5, 0.6) is 0 Å². The van der Waals surface area contributed by atoms with Crippen LogP contribution in [-0.4, -0.2) is 44.9 Å². The fourth-order valence-corrected chi connectivity index (χ4v) is 9.55. The molecule has 188 valence electrons. The summed E-state index contributed by atoms with van der Waals surface area (Å²) in [6.45, 7) is 7.56. The van der Waals surface area contributed by atoms with Gasteiger partial charge in [0.2, 0.25) is 0 Å². The first-order valence-corrected chi connectivity index (χ1v) is 13.5. The molecule has 4 aliphatic rings. The van der Waals surface area contributed by atoms with E-state index < -0.39 is 11.2 Å². The summed E-state index contributed by atoms with van der Waals surface area (Å²) in [7, 11) is 1.76. The topological polar surface area (TPSA) is 91.3 Å². The normalized spacial score (nSPS) is 45.5. The summed E-state index contributed by atoms with van der Waals surface area (Å²) in [6.07, 6.45) is 12.5. The maximum atomic E-state index is 11.7. The Hall–Kier alpha value is -1.42. The fourth-order valence-electron chi connectivity index (χ4n) is 9.55. The molecule has 0 saturated heterocycles. The van der Waals surface area contributed by atoms with Gasteiger partial charge in [-0.1, -0.05) is 6.92 Å². The first-order chi connectivity index (χ1) is 16.1. The molecule has 6 nitrogen and oxygen atoms in total. The Bertz CT molecular complexity index is 934. The van der Waals surface area contributed by atoms with Gasteiger partial charge in [-0.3, -0.25) is 4.68 Å². The molecule has 0 radical (unpaired) electrons. The van der Waals surface area contributed by atoms with Crippen molar-refractivity contribution in [3.05, 3.63) is 18.0 Å². The molecule has 4 fully saturated rings. The lowest BCUT2D eigenvalue weighted by Gasteiger charge is -2.59. The highest BCUT2D eigenvalue weighted by molar-refractivity contribution is 5.21. The van der Waals surface area contributed by atoms with Crippen LogP contribution >= 0.6 is 0 Å². The van der Waals surface area contributed by atoms with Gasteiger partial charge < -0.3 is 14.9 Å². The minimum absolute atomic E-state index is 0.148. The highest BCUT2D eigenvalue weighted by Crippen LogP contribution is 2.66. The maximum absolute atomic E-state index is 11.7. The summed E-state index contributed by atoms with van der Waals surface area (Å²) < 4.78 is 7.26. The Balaban J connectivity index is 1.33. The number of nitrogens with zero attached hydrogens (tertiary/aromatic N) is 3. The smallest absolute Gasteiger partial charge is 0.102 e. The van der Waals surface area contributed by atoms with Gasteiger partial charge in [0.25, 0.3) is 0 Å². The molecule has 0 unspecified atom stereocenters. The number of rotatable bonds is 5. The lowest BCUT2D eigenvalue weighted by molar-refractivity contribution is -0.148. The molecule has 4 saturated carbocycles. The van der Waals surface area contributed by atoms with Crippen molar-refractivity contribution in [3.8, 4) is 6.07 Å². The largest absolute Gasteiger partial charge is 0.390 e. The van der Waals surface area contributed by atoms with Crippen molar-refractivity contribution in [2.45, 2.75) is 89.9 Å². The van der Waals surface area contributed by atoms with Gasteiger partial charge in [-0.2, -0.15) is 10.4 Å². The Labute approximate surface area is 204 Å². The third-order valence-electron chi connectivity index (χ3n) is 11.0. The molecule has 2 N–H and O–H groups in total.